The molecule has 0 amide bonds. The Balaban J connectivity index is -0.000000411. The van der Waals surface area contributed by atoms with Gasteiger partial charge in [0.1, 0.15) is 0 Å². The van der Waals surface area contributed by atoms with Crippen molar-refractivity contribution >= 4 is 11.6 Å². The Morgan fingerprint density at radius 1 is 0.519 bits per heavy atom. The maximum Gasteiger partial charge on any atom is 2.00 e. The molecule has 1 radical (unpaired) electrons. The van der Waals surface area contributed by atoms with Crippen molar-refractivity contribution in [2.24, 2.45) is 21.7 Å². The van der Waals surface area contributed by atoms with Crippen LogP contribution in [-0.4, -0.2) is 11.6 Å². The zero-order valence-electron chi connectivity index (χ0n) is 19.1. The fraction of sp³-hybridized carbons (Fsp3) is 0.727. The first-order chi connectivity index (χ1) is 11.1. The predicted molar refractivity (Wildman–Crippen MR) is 104 cm³/mol. The molecule has 0 aromatic rings. The van der Waals surface area contributed by atoms with Crippen LogP contribution in [0.3, 0.4) is 0 Å². The first-order valence-electron chi connectivity index (χ1n) is 8.97. The molecular weight excluding hydrogens is 392 g/mol. The van der Waals surface area contributed by atoms with E-state index in [2.05, 4.69) is 0 Å². The van der Waals surface area contributed by atoms with E-state index in [0.717, 1.165) is 0 Å². The number of carbonyl (C=O) groups is 2. The van der Waals surface area contributed by atoms with Gasteiger partial charge in [-0.05, 0) is 23.0 Å². The Bertz CT molecular complexity index is 505. The Morgan fingerprint density at radius 3 is 0.815 bits per heavy atom. The van der Waals surface area contributed by atoms with E-state index in [9.17, 15) is 19.8 Å². The molecule has 0 aliphatic rings. The Morgan fingerprint density at radius 2 is 0.704 bits per heavy atom. The van der Waals surface area contributed by atoms with E-state index in [4.69, 9.17) is 0 Å². The summed E-state index contributed by atoms with van der Waals surface area (Å²) in [5, 5.41) is 22.9. The van der Waals surface area contributed by atoms with Gasteiger partial charge in [-0.2, -0.15) is 0 Å². The molecule has 0 saturated heterocycles. The van der Waals surface area contributed by atoms with E-state index in [0.29, 0.717) is 0 Å². The zero-order chi connectivity index (χ0) is 21.7. The number of hydrogen-bond acceptors (Lipinski definition) is 4. The second-order valence-corrected chi connectivity index (χ2v) is 10.7. The molecule has 0 heterocycles. The Labute approximate surface area is 177 Å². The van der Waals surface area contributed by atoms with Crippen molar-refractivity contribution in [1.82, 2.24) is 0 Å². The van der Waals surface area contributed by atoms with Crippen molar-refractivity contribution in [3.8, 4) is 0 Å². The van der Waals surface area contributed by atoms with Crippen molar-refractivity contribution in [3.63, 3.8) is 0 Å². The normalized spacial score (nSPS) is 13.9. The van der Waals surface area contributed by atoms with E-state index in [1.165, 1.54) is 12.2 Å². The molecule has 0 N–H and O–H groups in total. The molecule has 0 aliphatic carbocycles. The van der Waals surface area contributed by atoms with Crippen LogP contribution in [0.1, 0.15) is 83.1 Å². The van der Waals surface area contributed by atoms with Gasteiger partial charge in [0.25, 0.3) is 0 Å². The molecule has 0 spiro atoms. The number of hydrogen-bond donors (Lipinski definition) is 0. The topological polar surface area (TPSA) is 80.3 Å². The predicted octanol–water partition coefficient (Wildman–Crippen LogP) is 3.78. The molecule has 4 nitrogen and oxygen atoms in total. The van der Waals surface area contributed by atoms with Gasteiger partial charge in [-0.15, -0.1) is 11.5 Å². The average molecular weight is 430 g/mol. The first kappa shape index (κ1) is 30.7. The molecule has 0 bridgehead atoms. The van der Waals surface area contributed by atoms with Gasteiger partial charge in [-0.25, -0.2) is 0 Å². The minimum atomic E-state index is -0.457. The van der Waals surface area contributed by atoms with Crippen LogP contribution >= 0.6 is 0 Å². The third kappa shape index (κ3) is 13.7. The number of carbonyl (C=O) groups excluding carboxylic acids is 2. The van der Waals surface area contributed by atoms with Crippen LogP contribution in [0.4, 0.5) is 0 Å². The standard InChI is InChI=1S/2C11H20O2.Cu/c2*1-10(2,3)8(12)7-9(13)11(4,5)6;/h2*7,12H,1-6H3;/q;;+2/p-2. The summed E-state index contributed by atoms with van der Waals surface area (Å²) >= 11 is 0. The van der Waals surface area contributed by atoms with Crippen molar-refractivity contribution < 1.29 is 36.9 Å². The van der Waals surface area contributed by atoms with Gasteiger partial charge in [0.15, 0.2) is 11.6 Å². The van der Waals surface area contributed by atoms with Crippen molar-refractivity contribution in [2.45, 2.75) is 83.1 Å². The Kier molecular flexibility index (Phi) is 11.9. The summed E-state index contributed by atoms with van der Waals surface area (Å²) in [5.41, 5.74) is -1.83. The largest absolute Gasteiger partial charge is 2.00 e. The zero-order valence-corrected chi connectivity index (χ0v) is 20.0. The molecule has 0 fully saturated rings. The summed E-state index contributed by atoms with van der Waals surface area (Å²) in [6.07, 6.45) is 2.44. The molecule has 5 heteroatoms. The fourth-order valence-corrected chi connectivity index (χ4v) is 1.10. The molecule has 0 unspecified atom stereocenters. The van der Waals surface area contributed by atoms with Crippen LogP contribution in [0.25, 0.3) is 0 Å². The van der Waals surface area contributed by atoms with Gasteiger partial charge in [0.05, 0.1) is 0 Å². The maximum atomic E-state index is 11.4. The molecule has 0 atom stereocenters. The number of allylic oxidation sites excluding steroid dienone is 4. The van der Waals surface area contributed by atoms with Gasteiger partial charge < -0.3 is 10.2 Å². The van der Waals surface area contributed by atoms with Crippen LogP contribution in [0.2, 0.25) is 0 Å². The summed E-state index contributed by atoms with van der Waals surface area (Å²) < 4.78 is 0. The average Bonchev–Trinajstić information content (AvgIpc) is 2.34. The van der Waals surface area contributed by atoms with E-state index in [1.807, 2.05) is 83.1 Å². The van der Waals surface area contributed by atoms with E-state index in [-0.39, 0.29) is 40.2 Å². The van der Waals surface area contributed by atoms with Gasteiger partial charge >= 0.3 is 17.1 Å². The molecule has 161 valence electrons. The summed E-state index contributed by atoms with van der Waals surface area (Å²) in [5.74, 6) is -0.417. The summed E-state index contributed by atoms with van der Waals surface area (Å²) in [7, 11) is 0. The van der Waals surface area contributed by atoms with E-state index >= 15 is 0 Å². The van der Waals surface area contributed by atoms with Crippen LogP contribution in [0, 0.1) is 21.7 Å². The monoisotopic (exact) mass is 429 g/mol. The number of ketones is 2. The second kappa shape index (κ2) is 10.5. The maximum absolute atomic E-state index is 11.4. The van der Waals surface area contributed by atoms with Gasteiger partial charge in [0.2, 0.25) is 0 Å². The van der Waals surface area contributed by atoms with Crippen molar-refractivity contribution in [1.29, 1.82) is 0 Å². The second-order valence-electron chi connectivity index (χ2n) is 10.7. The minimum absolute atomic E-state index is 0. The SMILES string of the molecule is CC(C)(C)C(=O)C=C([O-])C(C)(C)C.CC(C)(C)C(=O)C=C([O-])C(C)(C)C.[Cu+2]. The Hall–Kier alpha value is -1.06. The summed E-state index contributed by atoms with van der Waals surface area (Å²) in [6.45, 7) is 21.7. The summed E-state index contributed by atoms with van der Waals surface area (Å²) in [6, 6.07) is 0. The van der Waals surface area contributed by atoms with Crippen LogP contribution in [-0.2, 0) is 26.7 Å². The molecule has 0 rings (SSSR count). The van der Waals surface area contributed by atoms with E-state index in [1.54, 1.807) is 0 Å². The molecule has 27 heavy (non-hydrogen) atoms. The first-order valence-corrected chi connectivity index (χ1v) is 8.97. The molecule has 0 aromatic carbocycles. The van der Waals surface area contributed by atoms with Crippen LogP contribution in [0.5, 0.6) is 0 Å². The third-order valence-corrected chi connectivity index (χ3v) is 3.48. The van der Waals surface area contributed by atoms with Gasteiger partial charge in [-0.3, -0.25) is 9.59 Å². The quantitative estimate of drug-likeness (QED) is 0.380. The number of rotatable bonds is 2. The minimum Gasteiger partial charge on any atom is -0.875 e. The molecule has 0 saturated carbocycles. The molecule has 0 aromatic heterocycles. The van der Waals surface area contributed by atoms with Crippen LogP contribution < -0.4 is 10.2 Å². The summed E-state index contributed by atoms with van der Waals surface area (Å²) in [4.78, 5) is 22.9. The van der Waals surface area contributed by atoms with Crippen molar-refractivity contribution in [3.05, 3.63) is 23.7 Å². The molecule has 0 aliphatic heterocycles. The smallest absolute Gasteiger partial charge is 0.875 e. The fourth-order valence-electron chi connectivity index (χ4n) is 1.10. The van der Waals surface area contributed by atoms with E-state index < -0.39 is 21.7 Å². The van der Waals surface area contributed by atoms with Crippen molar-refractivity contribution in [2.75, 3.05) is 0 Å². The van der Waals surface area contributed by atoms with Gasteiger partial charge in [-0.1, -0.05) is 83.1 Å². The third-order valence-electron chi connectivity index (χ3n) is 3.48. The van der Waals surface area contributed by atoms with Crippen LogP contribution in [0.15, 0.2) is 23.7 Å². The van der Waals surface area contributed by atoms with Gasteiger partial charge in [0, 0.05) is 10.8 Å². The molecular formula is C22H38CuO4.